The molecule has 1 aromatic heterocycles. The molecule has 2 N–H and O–H groups in total. The molecule has 0 saturated carbocycles. The maximum Gasteiger partial charge on any atom is 0.225 e. The Morgan fingerprint density at radius 2 is 1.75 bits per heavy atom. The van der Waals surface area contributed by atoms with Crippen LogP contribution in [0.25, 0.3) is 11.1 Å². The number of nitrogens with zero attached hydrogens (tertiary/aromatic N) is 1. The maximum atomic E-state index is 11.9. The van der Waals surface area contributed by atoms with Gasteiger partial charge in [-0.25, -0.2) is 4.98 Å². The van der Waals surface area contributed by atoms with Gasteiger partial charge in [-0.3, -0.25) is 9.59 Å². The van der Waals surface area contributed by atoms with Crippen molar-refractivity contribution in [3.8, 4) is 11.1 Å². The van der Waals surface area contributed by atoms with Crippen molar-refractivity contribution in [1.82, 2.24) is 10.3 Å². The van der Waals surface area contributed by atoms with Gasteiger partial charge in [0.2, 0.25) is 11.8 Å². The van der Waals surface area contributed by atoms with Crippen molar-refractivity contribution in [2.75, 3.05) is 11.9 Å². The first-order valence-corrected chi connectivity index (χ1v) is 8.21. The van der Waals surface area contributed by atoms with Gasteiger partial charge >= 0.3 is 0 Å². The number of hydrogen-bond acceptors (Lipinski definition) is 3. The second-order valence-corrected chi connectivity index (χ2v) is 5.64. The molecular weight excluding hydrogens is 302 g/mol. The molecule has 1 heterocycles. The number of nitrogens with one attached hydrogen (secondary N) is 2. The second-order valence-electron chi connectivity index (χ2n) is 5.64. The van der Waals surface area contributed by atoms with Crippen LogP contribution in [0, 0.1) is 0 Å². The minimum Gasteiger partial charge on any atom is -0.356 e. The first-order valence-electron chi connectivity index (χ1n) is 8.21. The zero-order chi connectivity index (χ0) is 17.2. The monoisotopic (exact) mass is 325 g/mol. The van der Waals surface area contributed by atoms with Crippen LogP contribution in [0.2, 0.25) is 0 Å². The Kier molecular flexibility index (Phi) is 6.95. The Morgan fingerprint density at radius 3 is 2.42 bits per heavy atom. The summed E-state index contributed by atoms with van der Waals surface area (Å²) in [6.45, 7) is 2.17. The molecule has 0 aliphatic heterocycles. The van der Waals surface area contributed by atoms with E-state index < -0.39 is 0 Å². The van der Waals surface area contributed by atoms with E-state index in [0.717, 1.165) is 30.4 Å². The highest BCUT2D eigenvalue weighted by molar-refractivity contribution is 5.89. The average molecular weight is 325 g/mol. The van der Waals surface area contributed by atoms with E-state index in [9.17, 15) is 9.59 Å². The lowest BCUT2D eigenvalue weighted by atomic mass is 10.1. The Hall–Kier alpha value is -2.69. The zero-order valence-electron chi connectivity index (χ0n) is 13.9. The van der Waals surface area contributed by atoms with Crippen LogP contribution in [0.4, 0.5) is 5.82 Å². The van der Waals surface area contributed by atoms with Crippen molar-refractivity contribution in [3.05, 3.63) is 48.7 Å². The van der Waals surface area contributed by atoms with E-state index in [4.69, 9.17) is 0 Å². The second kappa shape index (κ2) is 9.45. The van der Waals surface area contributed by atoms with Gasteiger partial charge < -0.3 is 10.6 Å². The molecule has 24 heavy (non-hydrogen) atoms. The van der Waals surface area contributed by atoms with E-state index in [0.29, 0.717) is 18.8 Å². The molecule has 0 spiro atoms. The Morgan fingerprint density at radius 1 is 0.958 bits per heavy atom. The average Bonchev–Trinajstić information content (AvgIpc) is 2.59. The van der Waals surface area contributed by atoms with Crippen molar-refractivity contribution >= 4 is 17.6 Å². The zero-order valence-corrected chi connectivity index (χ0v) is 13.9. The van der Waals surface area contributed by atoms with E-state index in [1.54, 1.807) is 6.20 Å². The predicted octanol–water partition coefficient (Wildman–Crippen LogP) is 3.38. The van der Waals surface area contributed by atoms with Crippen molar-refractivity contribution in [3.63, 3.8) is 0 Å². The summed E-state index contributed by atoms with van der Waals surface area (Å²) >= 11 is 0. The maximum absolute atomic E-state index is 11.9. The SMILES string of the molecule is CC(=O)NCCCCCC(=O)Nc1ccc(-c2ccccc2)cn1. The highest BCUT2D eigenvalue weighted by atomic mass is 16.2. The molecule has 0 fully saturated rings. The summed E-state index contributed by atoms with van der Waals surface area (Å²) in [4.78, 5) is 26.9. The minimum atomic E-state index is -0.0329. The van der Waals surface area contributed by atoms with Gasteiger partial charge in [-0.05, 0) is 30.5 Å². The third-order valence-corrected chi connectivity index (χ3v) is 3.59. The van der Waals surface area contributed by atoms with Crippen molar-refractivity contribution in [2.24, 2.45) is 0 Å². The first kappa shape index (κ1) is 17.7. The largest absolute Gasteiger partial charge is 0.356 e. The Balaban J connectivity index is 1.71. The van der Waals surface area contributed by atoms with Crippen LogP contribution in [0.5, 0.6) is 0 Å². The van der Waals surface area contributed by atoms with Gasteiger partial charge in [0, 0.05) is 31.6 Å². The number of carbonyl (C=O) groups is 2. The number of pyridine rings is 1. The smallest absolute Gasteiger partial charge is 0.225 e. The summed E-state index contributed by atoms with van der Waals surface area (Å²) in [6.07, 6.45) is 4.82. The van der Waals surface area contributed by atoms with Crippen LogP contribution in [0.3, 0.4) is 0 Å². The molecule has 5 nitrogen and oxygen atoms in total. The third kappa shape index (κ3) is 6.20. The molecule has 0 radical (unpaired) electrons. The summed E-state index contributed by atoms with van der Waals surface area (Å²) in [5.74, 6) is 0.519. The highest BCUT2D eigenvalue weighted by Gasteiger charge is 2.04. The van der Waals surface area contributed by atoms with E-state index in [1.807, 2.05) is 42.5 Å². The van der Waals surface area contributed by atoms with E-state index in [1.165, 1.54) is 6.92 Å². The molecule has 126 valence electrons. The molecule has 2 amide bonds. The quantitative estimate of drug-likeness (QED) is 0.731. The molecule has 0 aliphatic rings. The van der Waals surface area contributed by atoms with Gasteiger partial charge in [-0.1, -0.05) is 36.8 Å². The van der Waals surface area contributed by atoms with Crippen LogP contribution >= 0.6 is 0 Å². The fourth-order valence-electron chi connectivity index (χ4n) is 2.33. The van der Waals surface area contributed by atoms with E-state index in [-0.39, 0.29) is 11.8 Å². The predicted molar refractivity (Wildman–Crippen MR) is 95.5 cm³/mol. The van der Waals surface area contributed by atoms with Gasteiger partial charge in [0.05, 0.1) is 0 Å². The van der Waals surface area contributed by atoms with Gasteiger partial charge in [0.1, 0.15) is 5.82 Å². The number of amides is 2. The standard InChI is InChI=1S/C19H23N3O2/c1-15(23)20-13-7-3-6-10-19(24)22-18-12-11-17(14-21-18)16-8-4-2-5-9-16/h2,4-5,8-9,11-12,14H,3,6-7,10,13H2,1H3,(H,20,23)(H,21,22,24). The van der Waals surface area contributed by atoms with Crippen LogP contribution < -0.4 is 10.6 Å². The summed E-state index contributed by atoms with van der Waals surface area (Å²) in [6, 6.07) is 13.8. The van der Waals surface area contributed by atoms with Crippen molar-refractivity contribution in [2.45, 2.75) is 32.6 Å². The molecule has 0 unspecified atom stereocenters. The van der Waals surface area contributed by atoms with Gasteiger partial charge in [0.15, 0.2) is 0 Å². The lowest BCUT2D eigenvalue weighted by Gasteiger charge is -2.06. The molecule has 0 saturated heterocycles. The Labute approximate surface area is 142 Å². The number of hydrogen-bond donors (Lipinski definition) is 2. The summed E-state index contributed by atoms with van der Waals surface area (Å²) in [5, 5.41) is 5.55. The fraction of sp³-hybridized carbons (Fsp3) is 0.316. The number of benzene rings is 1. The number of carbonyl (C=O) groups excluding carboxylic acids is 2. The lowest BCUT2D eigenvalue weighted by Crippen LogP contribution is -2.20. The molecule has 0 aliphatic carbocycles. The van der Waals surface area contributed by atoms with Gasteiger partial charge in [-0.2, -0.15) is 0 Å². The van der Waals surface area contributed by atoms with Crippen LogP contribution in [0.15, 0.2) is 48.7 Å². The van der Waals surface area contributed by atoms with E-state index in [2.05, 4.69) is 15.6 Å². The number of unbranched alkanes of at least 4 members (excludes halogenated alkanes) is 2. The molecule has 0 atom stereocenters. The first-order chi connectivity index (χ1) is 11.6. The fourth-order valence-corrected chi connectivity index (χ4v) is 2.33. The van der Waals surface area contributed by atoms with Crippen molar-refractivity contribution < 1.29 is 9.59 Å². The Bertz CT molecular complexity index is 654. The molecule has 2 aromatic rings. The third-order valence-electron chi connectivity index (χ3n) is 3.59. The summed E-state index contributed by atoms with van der Waals surface area (Å²) < 4.78 is 0. The lowest BCUT2D eigenvalue weighted by molar-refractivity contribution is -0.119. The topological polar surface area (TPSA) is 71.1 Å². The molecule has 1 aromatic carbocycles. The van der Waals surface area contributed by atoms with Gasteiger partial charge in [-0.15, -0.1) is 0 Å². The number of aromatic nitrogens is 1. The van der Waals surface area contributed by atoms with Crippen LogP contribution in [0.1, 0.15) is 32.6 Å². The molecular formula is C19H23N3O2. The summed E-state index contributed by atoms with van der Waals surface area (Å²) in [7, 11) is 0. The minimum absolute atomic E-state index is 0.0160. The number of rotatable bonds is 8. The highest BCUT2D eigenvalue weighted by Crippen LogP contribution is 2.19. The number of anilines is 1. The summed E-state index contributed by atoms with van der Waals surface area (Å²) in [5.41, 5.74) is 2.12. The van der Waals surface area contributed by atoms with E-state index >= 15 is 0 Å². The molecule has 0 bridgehead atoms. The van der Waals surface area contributed by atoms with Crippen LogP contribution in [-0.4, -0.2) is 23.3 Å². The normalized spacial score (nSPS) is 10.2. The van der Waals surface area contributed by atoms with Gasteiger partial charge in [0.25, 0.3) is 0 Å². The van der Waals surface area contributed by atoms with Crippen LogP contribution in [-0.2, 0) is 9.59 Å². The molecule has 2 rings (SSSR count). The van der Waals surface area contributed by atoms with Crippen molar-refractivity contribution in [1.29, 1.82) is 0 Å². The molecule has 5 heteroatoms.